The van der Waals surface area contributed by atoms with E-state index in [0.29, 0.717) is 18.8 Å². The SMILES string of the molecule is CCN1Cc2cccc(F)c2NC1=O. The van der Waals surface area contributed by atoms with Gasteiger partial charge in [0.2, 0.25) is 0 Å². The van der Waals surface area contributed by atoms with Crippen molar-refractivity contribution in [1.82, 2.24) is 4.90 Å². The normalized spacial score (nSPS) is 15.0. The van der Waals surface area contributed by atoms with E-state index in [4.69, 9.17) is 0 Å². The number of hydrogen-bond donors (Lipinski definition) is 1. The third-order valence-electron chi connectivity index (χ3n) is 2.36. The molecule has 0 bridgehead atoms. The van der Waals surface area contributed by atoms with Gasteiger partial charge in [0.15, 0.2) is 0 Å². The van der Waals surface area contributed by atoms with Gasteiger partial charge < -0.3 is 10.2 Å². The van der Waals surface area contributed by atoms with E-state index in [1.54, 1.807) is 11.0 Å². The maximum Gasteiger partial charge on any atom is 0.322 e. The largest absolute Gasteiger partial charge is 0.322 e. The third kappa shape index (κ3) is 1.32. The smallest absolute Gasteiger partial charge is 0.320 e. The van der Waals surface area contributed by atoms with Crippen molar-refractivity contribution in [2.45, 2.75) is 13.5 Å². The number of para-hydroxylation sites is 1. The van der Waals surface area contributed by atoms with Gasteiger partial charge in [-0.05, 0) is 18.6 Å². The fourth-order valence-electron chi connectivity index (χ4n) is 1.56. The Bertz CT molecular complexity index is 378. The second-order valence-electron chi connectivity index (χ2n) is 3.22. The number of amides is 2. The van der Waals surface area contributed by atoms with E-state index >= 15 is 0 Å². The molecular formula is C10H11FN2O. The zero-order valence-corrected chi connectivity index (χ0v) is 7.88. The van der Waals surface area contributed by atoms with E-state index < -0.39 is 0 Å². The molecule has 1 aliphatic heterocycles. The van der Waals surface area contributed by atoms with Crippen molar-refractivity contribution in [2.75, 3.05) is 11.9 Å². The fourth-order valence-corrected chi connectivity index (χ4v) is 1.56. The van der Waals surface area contributed by atoms with Crippen LogP contribution in [0.1, 0.15) is 12.5 Å². The molecule has 2 rings (SSSR count). The quantitative estimate of drug-likeness (QED) is 0.730. The van der Waals surface area contributed by atoms with Crippen LogP contribution in [0.25, 0.3) is 0 Å². The van der Waals surface area contributed by atoms with E-state index in [1.807, 2.05) is 13.0 Å². The highest BCUT2D eigenvalue weighted by atomic mass is 19.1. The highest BCUT2D eigenvalue weighted by molar-refractivity contribution is 5.92. The Morgan fingerprint density at radius 3 is 3.07 bits per heavy atom. The standard InChI is InChI=1S/C10H11FN2O/c1-2-13-6-7-4-3-5-8(11)9(7)12-10(13)14/h3-5H,2,6H2,1H3,(H,12,14). The van der Waals surface area contributed by atoms with Crippen molar-refractivity contribution >= 4 is 11.7 Å². The molecule has 0 aromatic heterocycles. The molecule has 0 fully saturated rings. The van der Waals surface area contributed by atoms with Crippen LogP contribution in [-0.2, 0) is 6.54 Å². The highest BCUT2D eigenvalue weighted by Crippen LogP contribution is 2.25. The van der Waals surface area contributed by atoms with Gasteiger partial charge in [-0.1, -0.05) is 12.1 Å². The maximum absolute atomic E-state index is 13.2. The Labute approximate surface area is 81.5 Å². The van der Waals surface area contributed by atoms with Crippen LogP contribution in [0.4, 0.5) is 14.9 Å². The first-order valence-electron chi connectivity index (χ1n) is 4.55. The lowest BCUT2D eigenvalue weighted by Crippen LogP contribution is -2.38. The van der Waals surface area contributed by atoms with Gasteiger partial charge in [-0.15, -0.1) is 0 Å². The molecule has 1 aliphatic rings. The zero-order valence-electron chi connectivity index (χ0n) is 7.88. The van der Waals surface area contributed by atoms with Gasteiger partial charge in [0.05, 0.1) is 5.69 Å². The molecule has 0 atom stereocenters. The van der Waals surface area contributed by atoms with Gasteiger partial charge in [0.1, 0.15) is 5.82 Å². The van der Waals surface area contributed by atoms with Crippen LogP contribution in [-0.4, -0.2) is 17.5 Å². The summed E-state index contributed by atoms with van der Waals surface area (Å²) in [6, 6.07) is 4.59. The highest BCUT2D eigenvalue weighted by Gasteiger charge is 2.22. The molecule has 0 saturated heterocycles. The average Bonchev–Trinajstić information content (AvgIpc) is 2.19. The molecule has 1 heterocycles. The van der Waals surface area contributed by atoms with E-state index in [0.717, 1.165) is 5.56 Å². The van der Waals surface area contributed by atoms with Crippen LogP contribution < -0.4 is 5.32 Å². The number of rotatable bonds is 1. The van der Waals surface area contributed by atoms with E-state index in [1.165, 1.54) is 6.07 Å². The summed E-state index contributed by atoms with van der Waals surface area (Å²) < 4.78 is 13.2. The van der Waals surface area contributed by atoms with Crippen molar-refractivity contribution < 1.29 is 9.18 Å². The number of nitrogens with one attached hydrogen (secondary N) is 1. The molecular weight excluding hydrogens is 183 g/mol. The number of nitrogens with zero attached hydrogens (tertiary/aromatic N) is 1. The molecule has 0 unspecified atom stereocenters. The number of fused-ring (bicyclic) bond motifs is 1. The summed E-state index contributed by atoms with van der Waals surface area (Å²) in [5, 5.41) is 2.54. The number of anilines is 1. The van der Waals surface area contributed by atoms with Crippen LogP contribution in [0, 0.1) is 5.82 Å². The number of carbonyl (C=O) groups is 1. The number of benzene rings is 1. The molecule has 14 heavy (non-hydrogen) atoms. The van der Waals surface area contributed by atoms with E-state index in [-0.39, 0.29) is 11.8 Å². The van der Waals surface area contributed by atoms with Gasteiger partial charge in [0, 0.05) is 13.1 Å². The summed E-state index contributed by atoms with van der Waals surface area (Å²) in [6.07, 6.45) is 0. The number of halogens is 1. The Kier molecular flexibility index (Phi) is 2.11. The van der Waals surface area contributed by atoms with Gasteiger partial charge in [-0.2, -0.15) is 0 Å². The van der Waals surface area contributed by atoms with Crippen molar-refractivity contribution in [3.8, 4) is 0 Å². The summed E-state index contributed by atoms with van der Waals surface area (Å²) >= 11 is 0. The number of carbonyl (C=O) groups excluding carboxylic acids is 1. The molecule has 1 N–H and O–H groups in total. The summed E-state index contributed by atoms with van der Waals surface area (Å²) in [5.41, 5.74) is 1.15. The van der Waals surface area contributed by atoms with Crippen molar-refractivity contribution in [3.63, 3.8) is 0 Å². The van der Waals surface area contributed by atoms with Crippen molar-refractivity contribution in [2.24, 2.45) is 0 Å². The molecule has 0 spiro atoms. The molecule has 4 heteroatoms. The molecule has 74 valence electrons. The lowest BCUT2D eigenvalue weighted by atomic mass is 10.1. The van der Waals surface area contributed by atoms with E-state index in [2.05, 4.69) is 5.32 Å². The molecule has 0 aliphatic carbocycles. The van der Waals surface area contributed by atoms with Gasteiger partial charge in [-0.25, -0.2) is 9.18 Å². The summed E-state index contributed by atoms with van der Waals surface area (Å²) in [6.45, 7) is 3.00. The first-order chi connectivity index (χ1) is 6.72. The predicted molar refractivity (Wildman–Crippen MR) is 51.5 cm³/mol. The summed E-state index contributed by atoms with van der Waals surface area (Å²) in [4.78, 5) is 13.0. The Morgan fingerprint density at radius 2 is 2.36 bits per heavy atom. The van der Waals surface area contributed by atoms with Crippen LogP contribution in [0.3, 0.4) is 0 Å². The van der Waals surface area contributed by atoms with Gasteiger partial charge >= 0.3 is 6.03 Å². The lowest BCUT2D eigenvalue weighted by molar-refractivity contribution is 0.209. The van der Waals surface area contributed by atoms with Gasteiger partial charge in [0.25, 0.3) is 0 Å². The predicted octanol–water partition coefficient (Wildman–Crippen LogP) is 2.19. The van der Waals surface area contributed by atoms with Crippen molar-refractivity contribution in [3.05, 3.63) is 29.6 Å². The van der Waals surface area contributed by atoms with Crippen LogP contribution in [0.2, 0.25) is 0 Å². The second-order valence-corrected chi connectivity index (χ2v) is 3.22. The average molecular weight is 194 g/mol. The number of hydrogen-bond acceptors (Lipinski definition) is 1. The zero-order chi connectivity index (χ0) is 10.1. The topological polar surface area (TPSA) is 32.3 Å². The minimum atomic E-state index is -0.369. The first kappa shape index (κ1) is 8.99. The fraction of sp³-hybridized carbons (Fsp3) is 0.300. The van der Waals surface area contributed by atoms with Crippen LogP contribution in [0.15, 0.2) is 18.2 Å². The summed E-state index contributed by atoms with van der Waals surface area (Å²) in [7, 11) is 0. The molecule has 3 nitrogen and oxygen atoms in total. The molecule has 0 saturated carbocycles. The minimum absolute atomic E-state index is 0.231. The molecule has 2 amide bonds. The van der Waals surface area contributed by atoms with Crippen LogP contribution >= 0.6 is 0 Å². The van der Waals surface area contributed by atoms with Crippen molar-refractivity contribution in [1.29, 1.82) is 0 Å². The Morgan fingerprint density at radius 1 is 1.57 bits per heavy atom. The van der Waals surface area contributed by atoms with E-state index in [9.17, 15) is 9.18 Å². The second kappa shape index (κ2) is 3.29. The first-order valence-corrected chi connectivity index (χ1v) is 4.55. The maximum atomic E-state index is 13.2. The Hall–Kier alpha value is -1.58. The molecule has 1 aromatic rings. The van der Waals surface area contributed by atoms with Gasteiger partial charge in [-0.3, -0.25) is 0 Å². The molecule has 1 aromatic carbocycles. The monoisotopic (exact) mass is 194 g/mol. The third-order valence-corrected chi connectivity index (χ3v) is 2.36. The lowest BCUT2D eigenvalue weighted by Gasteiger charge is -2.28. The Balaban J connectivity index is 2.40. The summed E-state index contributed by atoms with van der Waals surface area (Å²) in [5.74, 6) is -0.369. The number of urea groups is 1. The minimum Gasteiger partial charge on any atom is -0.320 e. The van der Waals surface area contributed by atoms with Crippen LogP contribution in [0.5, 0.6) is 0 Å². The molecule has 0 radical (unpaired) electrons.